The second-order valence-corrected chi connectivity index (χ2v) is 10.8. The monoisotopic (exact) mass is 485 g/mol. The third-order valence-corrected chi connectivity index (χ3v) is 7.81. The van der Waals surface area contributed by atoms with Gasteiger partial charge in [-0.05, 0) is 62.3 Å². The fraction of sp³-hybridized carbons (Fsp3) is 0.500. The molecule has 0 unspecified atom stereocenters. The molecule has 8 nitrogen and oxygen atoms in total. The fourth-order valence-corrected chi connectivity index (χ4v) is 6.44. The van der Waals surface area contributed by atoms with Crippen LogP contribution in [0.15, 0.2) is 18.2 Å². The summed E-state index contributed by atoms with van der Waals surface area (Å²) in [6, 6.07) is 3.01. The van der Waals surface area contributed by atoms with Gasteiger partial charge in [0.2, 0.25) is 5.91 Å². The Morgan fingerprint density at radius 3 is 2.54 bits per heavy atom. The molecule has 0 spiro atoms. The summed E-state index contributed by atoms with van der Waals surface area (Å²) in [6.45, 7) is 6.61. The zero-order valence-electron chi connectivity index (χ0n) is 19.7. The van der Waals surface area contributed by atoms with Crippen LogP contribution in [0.4, 0.5) is 24.7 Å². The smallest absolute Gasteiger partial charge is 0.399 e. The van der Waals surface area contributed by atoms with Crippen LogP contribution in [0.25, 0.3) is 5.78 Å². The lowest BCUT2D eigenvalue weighted by atomic mass is 9.35. The van der Waals surface area contributed by atoms with Gasteiger partial charge in [-0.25, -0.2) is 0 Å². The second kappa shape index (κ2) is 6.86. The summed E-state index contributed by atoms with van der Waals surface area (Å²) in [5, 5.41) is 11.5. The van der Waals surface area contributed by atoms with Crippen molar-refractivity contribution in [3.05, 3.63) is 46.4 Å². The Bertz CT molecular complexity index is 1380. The van der Waals surface area contributed by atoms with Gasteiger partial charge >= 0.3 is 6.18 Å². The number of fused-ring (bicyclic) bond motifs is 3. The summed E-state index contributed by atoms with van der Waals surface area (Å²) >= 11 is 0. The number of alkyl halides is 3. The topological polar surface area (TPSA) is 101 Å². The number of aromatic nitrogens is 4. The molecule has 2 bridgehead atoms. The molecule has 0 saturated heterocycles. The highest BCUT2D eigenvalue weighted by atomic mass is 19.4. The molecule has 3 heterocycles. The minimum atomic E-state index is -4.50. The highest BCUT2D eigenvalue weighted by molar-refractivity contribution is 5.87. The number of hydrogen-bond acceptors (Lipinski definition) is 6. The zero-order valence-corrected chi connectivity index (χ0v) is 19.7. The van der Waals surface area contributed by atoms with Gasteiger partial charge in [-0.2, -0.15) is 18.2 Å². The first-order chi connectivity index (χ1) is 16.4. The van der Waals surface area contributed by atoms with Crippen LogP contribution in [-0.2, 0) is 24.1 Å². The van der Waals surface area contributed by atoms with E-state index in [9.17, 15) is 18.0 Å². The second-order valence-electron chi connectivity index (χ2n) is 10.8. The number of rotatable bonds is 4. The number of anilines is 2. The number of nitrogens with zero attached hydrogens (tertiary/aromatic N) is 5. The standard InChI is InChI=1S/C24H26F3N7O/c1-12(14-4-15(24(25,26)27)6-16(28)5-14)29-19-17-7-33(20(35)23-9-22(3,10-23)11-23)8-18(17)34-13(2)31-32-21(34)30-19/h4-6,12H,7-11,28H2,1-3H3,(H,29,30,32)/t12-,22?,23?/m1/s1. The number of aryl methyl sites for hydroxylation is 1. The minimum absolute atomic E-state index is 0.0363. The number of benzene rings is 1. The Hall–Kier alpha value is -3.37. The van der Waals surface area contributed by atoms with Crippen molar-refractivity contribution in [2.75, 3.05) is 11.1 Å². The van der Waals surface area contributed by atoms with Crippen molar-refractivity contribution in [3.63, 3.8) is 0 Å². The number of halogens is 3. The number of nitrogens with one attached hydrogen (secondary N) is 1. The van der Waals surface area contributed by atoms with Gasteiger partial charge in [-0.1, -0.05) is 6.92 Å². The first kappa shape index (κ1) is 22.1. The average Bonchev–Trinajstić information content (AvgIpc) is 3.33. The van der Waals surface area contributed by atoms with Crippen LogP contribution < -0.4 is 11.1 Å². The molecule has 11 heteroatoms. The van der Waals surface area contributed by atoms with Crippen molar-refractivity contribution in [2.24, 2.45) is 10.8 Å². The molecule has 184 valence electrons. The van der Waals surface area contributed by atoms with Crippen LogP contribution in [0.3, 0.4) is 0 Å². The predicted octanol–water partition coefficient (Wildman–Crippen LogP) is 4.24. The van der Waals surface area contributed by atoms with E-state index < -0.39 is 17.8 Å². The summed E-state index contributed by atoms with van der Waals surface area (Å²) < 4.78 is 41.8. The maximum atomic E-state index is 13.4. The zero-order chi connectivity index (χ0) is 24.9. The number of hydrogen-bond donors (Lipinski definition) is 2. The van der Waals surface area contributed by atoms with Crippen LogP contribution in [0, 0.1) is 17.8 Å². The van der Waals surface area contributed by atoms with E-state index in [2.05, 4.69) is 27.4 Å². The molecule has 0 radical (unpaired) electrons. The van der Waals surface area contributed by atoms with E-state index in [1.165, 1.54) is 6.07 Å². The van der Waals surface area contributed by atoms with E-state index in [0.29, 0.717) is 41.5 Å². The SMILES string of the molecule is Cc1nnc2nc(N[C@H](C)c3cc(N)cc(C(F)(F)F)c3)c3c(n12)CN(C(=O)C12CC(C)(C1)C2)C3. The molecule has 3 N–H and O–H groups in total. The van der Waals surface area contributed by atoms with Crippen molar-refractivity contribution >= 4 is 23.2 Å². The van der Waals surface area contributed by atoms with Gasteiger partial charge in [0, 0.05) is 11.3 Å². The number of nitrogens with two attached hydrogens (primary N) is 1. The first-order valence-corrected chi connectivity index (χ1v) is 11.6. The normalized spacial score (nSPS) is 25.7. The van der Waals surface area contributed by atoms with Crippen LogP contribution in [0.2, 0.25) is 0 Å². The summed E-state index contributed by atoms with van der Waals surface area (Å²) in [5.41, 5.74) is 7.18. The number of amides is 1. The molecular formula is C24H26F3N7O. The lowest BCUT2D eigenvalue weighted by Crippen LogP contribution is -2.66. The van der Waals surface area contributed by atoms with Gasteiger partial charge in [0.05, 0.1) is 35.8 Å². The Kier molecular flexibility index (Phi) is 4.33. The minimum Gasteiger partial charge on any atom is -0.399 e. The molecule has 7 rings (SSSR count). The summed E-state index contributed by atoms with van der Waals surface area (Å²) in [4.78, 5) is 19.9. The van der Waals surface area contributed by atoms with Gasteiger partial charge in [-0.3, -0.25) is 9.20 Å². The van der Waals surface area contributed by atoms with E-state index in [-0.39, 0.29) is 17.0 Å². The molecule has 3 saturated carbocycles. The molecule has 1 aliphatic heterocycles. The van der Waals surface area contributed by atoms with Crippen molar-refractivity contribution in [3.8, 4) is 0 Å². The van der Waals surface area contributed by atoms with Crippen molar-refractivity contribution < 1.29 is 18.0 Å². The van der Waals surface area contributed by atoms with Gasteiger partial charge in [0.15, 0.2) is 0 Å². The van der Waals surface area contributed by atoms with Crippen molar-refractivity contribution in [2.45, 2.75) is 65.3 Å². The highest BCUT2D eigenvalue weighted by Gasteiger charge is 2.69. The van der Waals surface area contributed by atoms with E-state index in [1.807, 2.05) is 16.2 Å². The van der Waals surface area contributed by atoms with Gasteiger partial charge in [0.25, 0.3) is 5.78 Å². The molecular weight excluding hydrogens is 459 g/mol. The molecule has 2 aromatic heterocycles. The quantitative estimate of drug-likeness (QED) is 0.536. The number of carbonyl (C=O) groups excluding carboxylic acids is 1. The van der Waals surface area contributed by atoms with E-state index in [1.54, 1.807) is 6.92 Å². The molecule has 3 aliphatic carbocycles. The van der Waals surface area contributed by atoms with Crippen LogP contribution in [-0.4, -0.2) is 30.4 Å². The lowest BCUT2D eigenvalue weighted by molar-refractivity contribution is -0.209. The van der Waals surface area contributed by atoms with Gasteiger partial charge in [0.1, 0.15) is 11.6 Å². The van der Waals surface area contributed by atoms with Crippen molar-refractivity contribution in [1.82, 2.24) is 24.5 Å². The van der Waals surface area contributed by atoms with E-state index in [0.717, 1.165) is 42.7 Å². The summed E-state index contributed by atoms with van der Waals surface area (Å²) in [7, 11) is 0. The van der Waals surface area contributed by atoms with E-state index >= 15 is 0 Å². The molecule has 1 amide bonds. The Labute approximate surface area is 199 Å². The molecule has 1 atom stereocenters. The fourth-order valence-electron chi connectivity index (χ4n) is 6.44. The third-order valence-electron chi connectivity index (χ3n) is 7.81. The number of carbonyl (C=O) groups is 1. The Morgan fingerprint density at radius 2 is 1.89 bits per heavy atom. The van der Waals surface area contributed by atoms with Crippen LogP contribution in [0.5, 0.6) is 0 Å². The summed E-state index contributed by atoms with van der Waals surface area (Å²) in [5.74, 6) is 1.71. The molecule has 3 fully saturated rings. The van der Waals surface area contributed by atoms with Crippen molar-refractivity contribution in [1.29, 1.82) is 0 Å². The largest absolute Gasteiger partial charge is 0.416 e. The van der Waals surface area contributed by atoms with Gasteiger partial charge in [-0.15, -0.1) is 10.2 Å². The van der Waals surface area contributed by atoms with Crippen LogP contribution >= 0.6 is 0 Å². The molecule has 4 aliphatic rings. The molecule has 3 aromatic rings. The Balaban J connectivity index is 1.34. The maximum Gasteiger partial charge on any atom is 0.416 e. The third kappa shape index (κ3) is 3.27. The summed E-state index contributed by atoms with van der Waals surface area (Å²) in [6.07, 6.45) is -1.70. The molecule has 35 heavy (non-hydrogen) atoms. The first-order valence-electron chi connectivity index (χ1n) is 11.6. The van der Waals surface area contributed by atoms with E-state index in [4.69, 9.17) is 5.73 Å². The predicted molar refractivity (Wildman–Crippen MR) is 122 cm³/mol. The maximum absolute atomic E-state index is 13.4. The highest BCUT2D eigenvalue weighted by Crippen LogP contribution is 2.73. The number of nitrogen functional groups attached to an aromatic ring is 1. The molecule has 1 aromatic carbocycles. The average molecular weight is 486 g/mol. The van der Waals surface area contributed by atoms with Gasteiger partial charge < -0.3 is 16.0 Å². The Morgan fingerprint density at radius 1 is 1.17 bits per heavy atom. The van der Waals surface area contributed by atoms with Crippen LogP contribution in [0.1, 0.15) is 67.4 Å². The lowest BCUT2D eigenvalue weighted by Gasteiger charge is -2.68.